The number of ether oxygens (including phenoxy) is 6. The van der Waals surface area contributed by atoms with Gasteiger partial charge < -0.3 is 60.8 Å². The molecule has 22 nitrogen and oxygen atoms in total. The van der Waals surface area contributed by atoms with Crippen molar-refractivity contribution in [2.75, 3.05) is 38.7 Å². The number of alkyl carbamates (subject to hydrolysis) is 4. The number of hydrogen-bond donors (Lipinski definition) is 4. The number of amides is 4. The Morgan fingerprint density at radius 3 is 1.20 bits per heavy atom. The first-order chi connectivity index (χ1) is 27.1. The number of alkyl halides is 1. The quantitative estimate of drug-likeness (QED) is 0.0201. The maximum Gasteiger partial charge on any atom is 1.00 e. The fourth-order valence-corrected chi connectivity index (χ4v) is 4.01. The van der Waals surface area contributed by atoms with Crippen LogP contribution >= 0.6 is 11.6 Å². The van der Waals surface area contributed by atoms with Crippen LogP contribution in [0.4, 0.5) is 19.2 Å². The second kappa shape index (κ2) is 33.6. The number of halogens is 1. The molecule has 0 saturated heterocycles. The van der Waals surface area contributed by atoms with Gasteiger partial charge in [0.25, 0.3) is 0 Å². The van der Waals surface area contributed by atoms with Gasteiger partial charge in [0.15, 0.2) is 0 Å². The predicted octanol–water partition coefficient (Wildman–Crippen LogP) is 4.66. The Hall–Kier alpha value is -4.07. The van der Waals surface area contributed by atoms with Crippen LogP contribution in [0.25, 0.3) is 26.4 Å². The molecule has 24 heteroatoms. The summed E-state index contributed by atoms with van der Waals surface area (Å²) in [6, 6.07) is -1.69. The van der Waals surface area contributed by atoms with Crippen molar-refractivity contribution in [2.45, 2.75) is 156 Å². The summed E-state index contributed by atoms with van der Waals surface area (Å²) in [5, 5.41) is 13.5. The number of nitrogens with one attached hydrogen (secondary N) is 4. The molecule has 0 aromatic heterocycles. The molecule has 0 spiro atoms. The van der Waals surface area contributed by atoms with E-state index in [1.54, 1.807) is 83.1 Å². The van der Waals surface area contributed by atoms with Crippen LogP contribution in [0, 0.1) is 0 Å². The van der Waals surface area contributed by atoms with E-state index >= 15 is 0 Å². The molecule has 0 aliphatic heterocycles. The Morgan fingerprint density at radius 2 is 0.900 bits per heavy atom. The van der Waals surface area contributed by atoms with E-state index < -0.39 is 70.8 Å². The van der Waals surface area contributed by atoms with Crippen LogP contribution in [-0.2, 0) is 38.0 Å². The summed E-state index contributed by atoms with van der Waals surface area (Å²) < 4.78 is 30.7. The van der Waals surface area contributed by atoms with Crippen LogP contribution in [0.3, 0.4) is 0 Å². The molecule has 4 amide bonds. The summed E-state index contributed by atoms with van der Waals surface area (Å²) in [7, 11) is 0. The Labute approximate surface area is 380 Å². The summed E-state index contributed by atoms with van der Waals surface area (Å²) in [6.07, 6.45) is 0.422. The molecule has 0 aromatic rings. The van der Waals surface area contributed by atoms with E-state index in [4.69, 9.17) is 56.6 Å². The summed E-state index contributed by atoms with van der Waals surface area (Å²) >= 11 is 5.43. The Balaban J connectivity index is -0.000000483. The van der Waals surface area contributed by atoms with E-state index in [1.807, 2.05) is 0 Å². The molecule has 0 saturated carbocycles. The van der Waals surface area contributed by atoms with Gasteiger partial charge in [-0.1, -0.05) is 5.11 Å². The van der Waals surface area contributed by atoms with Crippen molar-refractivity contribution in [3.8, 4) is 0 Å². The van der Waals surface area contributed by atoms with Crippen LogP contribution in [0.15, 0.2) is 5.11 Å². The van der Waals surface area contributed by atoms with Crippen molar-refractivity contribution in [2.24, 2.45) is 5.11 Å². The van der Waals surface area contributed by atoms with Gasteiger partial charge in [-0.05, 0) is 127 Å². The number of rotatable bonds is 19. The number of azide groups is 1. The molecule has 60 heavy (non-hydrogen) atoms. The molecule has 4 N–H and O–H groups in total. The van der Waals surface area contributed by atoms with E-state index in [9.17, 15) is 28.8 Å². The van der Waals surface area contributed by atoms with Crippen molar-refractivity contribution >= 4 is 47.9 Å². The first kappa shape index (κ1) is 62.6. The maximum absolute atomic E-state index is 12.4. The second-order valence-electron chi connectivity index (χ2n) is 16.3. The number of hydrogen-bond acceptors (Lipinski definition) is 13. The predicted molar refractivity (Wildman–Crippen MR) is 219 cm³/mol. The molecule has 340 valence electrons. The van der Waals surface area contributed by atoms with Crippen LogP contribution in [0.1, 0.15) is 122 Å². The molecule has 0 heterocycles. The van der Waals surface area contributed by atoms with E-state index in [1.165, 1.54) is 4.91 Å². The zero-order valence-electron chi connectivity index (χ0n) is 37.6. The minimum Gasteiger partial charge on any atom is -0.458 e. The van der Waals surface area contributed by atoms with E-state index in [2.05, 4.69) is 31.3 Å². The molecule has 0 rings (SSSR count). The normalized spacial score (nSPS) is 11.8. The minimum absolute atomic E-state index is 0. The number of carbonyl (C=O) groups excluding carboxylic acids is 6. The molecule has 0 bridgehead atoms. The standard InChI is InChI=1S/C18H33ClN2O6.C18H33N5O6.N3.Na/c1-17(2,3)26-14(22)13(21-16(24)27-18(4,5)6)9-7-8-11-20-15(23)25-12-10-19;1-17(2,3)28-14(24)13(22-16(26)29-18(4,5)6)9-7-8-10-20-15(25)27-12-11-21-23-19;1-3-2;/h13H,7-12H2,1-6H3,(H,20,23)(H,21,24);13H,7-12H2,1-6H3,(H,20,25)(H,22,26);;/q;;-1;+1/t2*13-;;/m00../s1. The van der Waals surface area contributed by atoms with Gasteiger partial charge in [-0.3, -0.25) is 4.91 Å². The van der Waals surface area contributed by atoms with Crippen LogP contribution in [0.2, 0.25) is 0 Å². The van der Waals surface area contributed by atoms with E-state index in [-0.39, 0.29) is 55.2 Å². The third-order valence-electron chi connectivity index (χ3n) is 5.94. The molecule has 0 unspecified atom stereocenters. The molecular formula is C36H66ClN10NaO12. The van der Waals surface area contributed by atoms with Crippen molar-refractivity contribution in [3.63, 3.8) is 0 Å². The van der Waals surface area contributed by atoms with Crippen LogP contribution in [-0.4, -0.2) is 110 Å². The van der Waals surface area contributed by atoms with Gasteiger partial charge in [0.05, 0.1) is 19.0 Å². The third-order valence-corrected chi connectivity index (χ3v) is 6.09. The van der Waals surface area contributed by atoms with Gasteiger partial charge >= 0.3 is 65.9 Å². The van der Waals surface area contributed by atoms with E-state index in [0.29, 0.717) is 51.6 Å². The van der Waals surface area contributed by atoms with Crippen molar-refractivity contribution in [1.29, 1.82) is 0 Å². The van der Waals surface area contributed by atoms with Gasteiger partial charge in [0, 0.05) is 18.0 Å². The Kier molecular flexibility index (Phi) is 35.1. The molecule has 0 aliphatic carbocycles. The average Bonchev–Trinajstić information content (AvgIpc) is 3.05. The zero-order chi connectivity index (χ0) is 46.3. The Morgan fingerprint density at radius 1 is 0.567 bits per heavy atom. The SMILES string of the molecule is CC(C)(C)OC(=O)N[C@@H](CCCCNC(=O)OCCCl)C(=O)OC(C)(C)C.CC(C)(C)OC(=O)N[C@@H](CCCCNC(=O)OCCN=[N+]=[N-])C(=O)OC(C)(C)C.[N-]=[N+]=[N-].[Na+]. The van der Waals surface area contributed by atoms with E-state index in [0.717, 1.165) is 0 Å². The number of carbonyl (C=O) groups is 6. The van der Waals surface area contributed by atoms with Crippen molar-refractivity contribution in [1.82, 2.24) is 21.3 Å². The molecule has 0 aliphatic rings. The maximum atomic E-state index is 12.4. The summed E-state index contributed by atoms with van der Waals surface area (Å²) in [6.45, 7) is 21.8. The van der Waals surface area contributed by atoms with Crippen molar-refractivity contribution < 1.29 is 86.7 Å². The average molecular weight is 889 g/mol. The zero-order valence-corrected chi connectivity index (χ0v) is 40.4. The summed E-state index contributed by atoms with van der Waals surface area (Å²) in [5.41, 5.74) is 18.9. The number of nitrogens with zero attached hydrogens (tertiary/aromatic N) is 6. The first-order valence-corrected chi connectivity index (χ1v) is 19.4. The minimum atomic E-state index is -0.861. The van der Waals surface area contributed by atoms with Crippen molar-refractivity contribution in [3.05, 3.63) is 26.4 Å². The largest absolute Gasteiger partial charge is 1.00 e. The fourth-order valence-electron chi connectivity index (χ4n) is 3.93. The second-order valence-corrected chi connectivity index (χ2v) is 16.7. The summed E-state index contributed by atoms with van der Waals surface area (Å²) in [4.78, 5) is 75.5. The third kappa shape index (κ3) is 45.0. The smallest absolute Gasteiger partial charge is 0.458 e. The number of esters is 2. The summed E-state index contributed by atoms with van der Waals surface area (Å²) in [5.74, 6) is -0.835. The molecule has 2 atom stereocenters. The first-order valence-electron chi connectivity index (χ1n) is 18.9. The molecular weight excluding hydrogens is 823 g/mol. The fraction of sp³-hybridized carbons (Fsp3) is 0.833. The van der Waals surface area contributed by atoms with Gasteiger partial charge in [0.1, 0.15) is 41.1 Å². The molecule has 0 fully saturated rings. The van der Waals surface area contributed by atoms with Gasteiger partial charge in [-0.2, -0.15) is 0 Å². The van der Waals surface area contributed by atoms with Gasteiger partial charge in [-0.15, -0.1) is 11.6 Å². The van der Waals surface area contributed by atoms with Crippen LogP contribution < -0.4 is 50.8 Å². The number of unbranched alkanes of at least 4 members (excludes halogenated alkanes) is 2. The topological polar surface area (TPSA) is 313 Å². The molecule has 0 radical (unpaired) electrons. The van der Waals surface area contributed by atoms with Gasteiger partial charge in [0.2, 0.25) is 0 Å². The van der Waals surface area contributed by atoms with Gasteiger partial charge in [-0.25, -0.2) is 28.8 Å². The monoisotopic (exact) mass is 888 g/mol. The Bertz CT molecular complexity index is 1370. The molecule has 0 aromatic carbocycles. The van der Waals surface area contributed by atoms with Crippen LogP contribution in [0.5, 0.6) is 0 Å².